The third-order valence-electron chi connectivity index (χ3n) is 2.24. The van der Waals surface area contributed by atoms with Crippen molar-refractivity contribution in [1.29, 1.82) is 0 Å². The largest absolute Gasteiger partial charge is 0.295 e. The first-order chi connectivity index (χ1) is 6.84. The molecule has 2 heterocycles. The van der Waals surface area contributed by atoms with E-state index >= 15 is 0 Å². The Morgan fingerprint density at radius 2 is 2.36 bits per heavy atom. The van der Waals surface area contributed by atoms with Gasteiger partial charge in [0, 0.05) is 0 Å². The van der Waals surface area contributed by atoms with E-state index in [1.54, 1.807) is 0 Å². The van der Waals surface area contributed by atoms with E-state index in [2.05, 4.69) is 25.4 Å². The van der Waals surface area contributed by atoms with E-state index < -0.39 is 0 Å². The van der Waals surface area contributed by atoms with Gasteiger partial charge in [-0.2, -0.15) is 10.1 Å². The number of nitrogens with one attached hydrogen (secondary N) is 2. The summed E-state index contributed by atoms with van der Waals surface area (Å²) in [6.45, 7) is 2.48. The van der Waals surface area contributed by atoms with Crippen molar-refractivity contribution in [3.05, 3.63) is 6.33 Å². The molecule has 6 nitrogen and oxygen atoms in total. The molecule has 1 aliphatic rings. The van der Waals surface area contributed by atoms with E-state index in [4.69, 9.17) is 0 Å². The highest BCUT2D eigenvalue weighted by atomic mass is 16.2. The Kier molecular flexibility index (Phi) is 2.73. The number of aromatic nitrogens is 3. The van der Waals surface area contributed by atoms with E-state index in [1.807, 2.05) is 0 Å². The molecule has 1 aromatic rings. The summed E-state index contributed by atoms with van der Waals surface area (Å²) < 4.78 is 0. The standard InChI is InChI=1S/C8H13N5O/c14-7(5-13-3-1-2-4-13)11-8-9-6-10-12-8/h6H,1-5H2,(H2,9,10,11,12,14). The minimum absolute atomic E-state index is 0.0383. The van der Waals surface area contributed by atoms with Crippen molar-refractivity contribution in [1.82, 2.24) is 20.1 Å². The van der Waals surface area contributed by atoms with Gasteiger partial charge < -0.3 is 0 Å². The molecule has 0 atom stereocenters. The molecule has 1 aliphatic heterocycles. The zero-order valence-electron chi connectivity index (χ0n) is 7.86. The van der Waals surface area contributed by atoms with Crippen LogP contribution in [0.4, 0.5) is 5.95 Å². The Balaban J connectivity index is 1.78. The molecule has 1 aromatic heterocycles. The number of hydrogen-bond acceptors (Lipinski definition) is 4. The van der Waals surface area contributed by atoms with E-state index in [9.17, 15) is 4.79 Å². The van der Waals surface area contributed by atoms with Gasteiger partial charge in [0.25, 0.3) is 0 Å². The van der Waals surface area contributed by atoms with E-state index in [1.165, 1.54) is 19.2 Å². The Hall–Kier alpha value is -1.43. The van der Waals surface area contributed by atoms with Crippen LogP contribution in [0.3, 0.4) is 0 Å². The van der Waals surface area contributed by atoms with Crippen molar-refractivity contribution >= 4 is 11.9 Å². The molecule has 0 aromatic carbocycles. The minimum Gasteiger partial charge on any atom is -0.295 e. The molecule has 2 rings (SSSR count). The van der Waals surface area contributed by atoms with Crippen LogP contribution in [0.5, 0.6) is 0 Å². The van der Waals surface area contributed by atoms with Crippen molar-refractivity contribution in [2.75, 3.05) is 25.0 Å². The summed E-state index contributed by atoms with van der Waals surface area (Å²) in [4.78, 5) is 17.4. The van der Waals surface area contributed by atoms with Crippen LogP contribution in [0.2, 0.25) is 0 Å². The normalized spacial score (nSPS) is 17.1. The molecule has 2 N–H and O–H groups in total. The lowest BCUT2D eigenvalue weighted by atomic mass is 10.4. The summed E-state index contributed by atoms with van der Waals surface area (Å²) in [7, 11) is 0. The molecular weight excluding hydrogens is 182 g/mol. The van der Waals surface area contributed by atoms with Gasteiger partial charge in [0.1, 0.15) is 6.33 Å². The van der Waals surface area contributed by atoms with Gasteiger partial charge in [-0.3, -0.25) is 15.0 Å². The number of amides is 1. The van der Waals surface area contributed by atoms with Crippen molar-refractivity contribution in [3.8, 4) is 0 Å². The predicted octanol–water partition coefficient (Wildman–Crippen LogP) is -0.161. The molecule has 0 radical (unpaired) electrons. The quantitative estimate of drug-likeness (QED) is 0.702. The van der Waals surface area contributed by atoms with Crippen molar-refractivity contribution < 1.29 is 4.79 Å². The van der Waals surface area contributed by atoms with Crippen molar-refractivity contribution in [2.45, 2.75) is 12.8 Å². The number of anilines is 1. The van der Waals surface area contributed by atoms with Crippen molar-refractivity contribution in [3.63, 3.8) is 0 Å². The van der Waals surface area contributed by atoms with Crippen LogP contribution >= 0.6 is 0 Å². The lowest BCUT2D eigenvalue weighted by Crippen LogP contribution is -2.31. The molecule has 0 spiro atoms. The zero-order chi connectivity index (χ0) is 9.80. The first-order valence-corrected chi connectivity index (χ1v) is 4.72. The fourth-order valence-electron chi connectivity index (χ4n) is 1.58. The third-order valence-corrected chi connectivity index (χ3v) is 2.24. The maximum atomic E-state index is 11.4. The molecule has 6 heteroatoms. The van der Waals surface area contributed by atoms with Crippen LogP contribution in [0.1, 0.15) is 12.8 Å². The summed E-state index contributed by atoms with van der Waals surface area (Å²) in [6, 6.07) is 0. The summed E-state index contributed by atoms with van der Waals surface area (Å²) in [6.07, 6.45) is 3.75. The molecule has 1 saturated heterocycles. The van der Waals surface area contributed by atoms with Crippen LogP contribution in [-0.4, -0.2) is 45.6 Å². The van der Waals surface area contributed by atoms with Gasteiger partial charge in [-0.05, 0) is 25.9 Å². The second-order valence-corrected chi connectivity index (χ2v) is 3.37. The maximum absolute atomic E-state index is 11.4. The van der Waals surface area contributed by atoms with Gasteiger partial charge in [-0.1, -0.05) is 0 Å². The Morgan fingerprint density at radius 3 is 3.00 bits per heavy atom. The van der Waals surface area contributed by atoms with Crippen LogP contribution in [-0.2, 0) is 4.79 Å². The van der Waals surface area contributed by atoms with E-state index in [0.717, 1.165) is 13.1 Å². The topological polar surface area (TPSA) is 73.9 Å². The highest BCUT2D eigenvalue weighted by Gasteiger charge is 2.15. The van der Waals surface area contributed by atoms with Crippen LogP contribution in [0, 0.1) is 0 Å². The first kappa shape index (κ1) is 9.14. The average Bonchev–Trinajstić information content (AvgIpc) is 2.76. The fraction of sp³-hybridized carbons (Fsp3) is 0.625. The van der Waals surface area contributed by atoms with Crippen molar-refractivity contribution in [2.24, 2.45) is 0 Å². The van der Waals surface area contributed by atoms with Gasteiger partial charge in [0.2, 0.25) is 11.9 Å². The minimum atomic E-state index is -0.0383. The average molecular weight is 195 g/mol. The van der Waals surface area contributed by atoms with Crippen LogP contribution in [0.25, 0.3) is 0 Å². The predicted molar refractivity (Wildman–Crippen MR) is 50.7 cm³/mol. The first-order valence-electron chi connectivity index (χ1n) is 4.72. The number of rotatable bonds is 3. The zero-order valence-corrected chi connectivity index (χ0v) is 7.86. The molecule has 0 unspecified atom stereocenters. The van der Waals surface area contributed by atoms with Gasteiger partial charge in [-0.15, -0.1) is 0 Å². The number of carbonyl (C=O) groups excluding carboxylic acids is 1. The molecule has 0 aliphatic carbocycles. The number of nitrogens with zero attached hydrogens (tertiary/aromatic N) is 3. The second kappa shape index (κ2) is 4.19. The van der Waals surface area contributed by atoms with Gasteiger partial charge in [-0.25, -0.2) is 5.10 Å². The van der Waals surface area contributed by atoms with E-state index in [0.29, 0.717) is 12.5 Å². The lowest BCUT2D eigenvalue weighted by molar-refractivity contribution is -0.117. The summed E-state index contributed by atoms with van der Waals surface area (Å²) in [5.41, 5.74) is 0. The smallest absolute Gasteiger partial charge is 0.240 e. The second-order valence-electron chi connectivity index (χ2n) is 3.37. The SMILES string of the molecule is O=C(CN1CCCC1)Nc1ncn[nH]1. The molecule has 14 heavy (non-hydrogen) atoms. The van der Waals surface area contributed by atoms with Gasteiger partial charge >= 0.3 is 0 Å². The molecular formula is C8H13N5O. The lowest BCUT2D eigenvalue weighted by Gasteiger charge is -2.12. The van der Waals surface area contributed by atoms with Crippen LogP contribution < -0.4 is 5.32 Å². The number of hydrogen-bond donors (Lipinski definition) is 2. The molecule has 1 fully saturated rings. The van der Waals surface area contributed by atoms with E-state index in [-0.39, 0.29) is 5.91 Å². The summed E-state index contributed by atoms with van der Waals surface area (Å²) in [5.74, 6) is 0.373. The summed E-state index contributed by atoms with van der Waals surface area (Å²) in [5, 5.41) is 8.86. The molecule has 0 saturated carbocycles. The number of H-pyrrole nitrogens is 1. The van der Waals surface area contributed by atoms with Gasteiger partial charge in [0.05, 0.1) is 6.54 Å². The monoisotopic (exact) mass is 195 g/mol. The number of likely N-dealkylation sites (tertiary alicyclic amines) is 1. The van der Waals surface area contributed by atoms with Crippen LogP contribution in [0.15, 0.2) is 6.33 Å². The molecule has 76 valence electrons. The van der Waals surface area contributed by atoms with Gasteiger partial charge in [0.15, 0.2) is 0 Å². The Bertz CT molecular complexity index is 291. The molecule has 0 bridgehead atoms. The number of aromatic amines is 1. The fourth-order valence-corrected chi connectivity index (χ4v) is 1.58. The Morgan fingerprint density at radius 1 is 1.57 bits per heavy atom. The Labute approximate surface area is 81.7 Å². The highest BCUT2D eigenvalue weighted by molar-refractivity contribution is 5.90. The molecule has 1 amide bonds. The third kappa shape index (κ3) is 2.29. The number of carbonyl (C=O) groups is 1. The maximum Gasteiger partial charge on any atom is 0.240 e. The highest BCUT2D eigenvalue weighted by Crippen LogP contribution is 2.06. The summed E-state index contributed by atoms with van der Waals surface area (Å²) >= 11 is 0.